The molecule has 0 radical (unpaired) electrons. The van der Waals surface area contributed by atoms with E-state index in [1.807, 2.05) is 24.3 Å². The van der Waals surface area contributed by atoms with Crippen LogP contribution in [0.1, 0.15) is 10.4 Å². The van der Waals surface area contributed by atoms with Gasteiger partial charge in [-0.3, -0.25) is 4.79 Å². The van der Waals surface area contributed by atoms with E-state index in [0.29, 0.717) is 16.5 Å². The molecule has 0 saturated heterocycles. The van der Waals surface area contributed by atoms with Gasteiger partial charge in [0.15, 0.2) is 5.96 Å². The standard InChI is InChI=1S/C18H15ClN4O2/c1-25-16-8-14(15(19)9-22-16)12-4-2-3-10-5-6-11(7-13(10)12)17(24)23-18(20)21/h2-9H,1H3,(H4,20,21,23,24). The number of rotatable bonds is 3. The molecule has 2 aromatic carbocycles. The number of benzene rings is 2. The first-order chi connectivity index (χ1) is 12.0. The summed E-state index contributed by atoms with van der Waals surface area (Å²) in [7, 11) is 1.54. The van der Waals surface area contributed by atoms with Gasteiger partial charge in [-0.1, -0.05) is 35.9 Å². The van der Waals surface area contributed by atoms with Crippen LogP contribution in [0.2, 0.25) is 5.02 Å². The molecule has 0 unspecified atom stereocenters. The molecule has 0 spiro atoms. The van der Waals surface area contributed by atoms with Gasteiger partial charge in [-0.05, 0) is 28.5 Å². The maximum Gasteiger partial charge on any atom is 0.280 e. The normalized spacial score (nSPS) is 10.5. The zero-order valence-corrected chi connectivity index (χ0v) is 14.1. The summed E-state index contributed by atoms with van der Waals surface area (Å²) in [6.45, 7) is 0. The minimum absolute atomic E-state index is 0.278. The van der Waals surface area contributed by atoms with Gasteiger partial charge in [0.25, 0.3) is 5.91 Å². The van der Waals surface area contributed by atoms with Crippen LogP contribution in [0.5, 0.6) is 5.88 Å². The molecule has 0 fully saturated rings. The van der Waals surface area contributed by atoms with E-state index in [1.54, 1.807) is 18.2 Å². The maximum atomic E-state index is 12.1. The van der Waals surface area contributed by atoms with Gasteiger partial charge in [0.05, 0.1) is 18.3 Å². The third-order valence-electron chi connectivity index (χ3n) is 3.69. The Hall–Kier alpha value is -3.12. The average molecular weight is 355 g/mol. The number of amides is 1. The second kappa shape index (κ2) is 6.78. The van der Waals surface area contributed by atoms with Gasteiger partial charge >= 0.3 is 0 Å². The highest BCUT2D eigenvalue weighted by Gasteiger charge is 2.12. The molecule has 0 bridgehead atoms. The van der Waals surface area contributed by atoms with Crippen molar-refractivity contribution < 1.29 is 9.53 Å². The van der Waals surface area contributed by atoms with E-state index in [2.05, 4.69) is 9.98 Å². The van der Waals surface area contributed by atoms with Crippen molar-refractivity contribution in [2.75, 3.05) is 7.11 Å². The molecule has 7 heteroatoms. The number of guanidine groups is 1. The van der Waals surface area contributed by atoms with Crippen LogP contribution in [-0.2, 0) is 0 Å². The van der Waals surface area contributed by atoms with Gasteiger partial charge < -0.3 is 16.2 Å². The molecule has 3 rings (SSSR count). The summed E-state index contributed by atoms with van der Waals surface area (Å²) in [6.07, 6.45) is 1.53. The van der Waals surface area contributed by atoms with Gasteiger partial charge in [0.2, 0.25) is 5.88 Å². The van der Waals surface area contributed by atoms with Crippen LogP contribution in [0.3, 0.4) is 0 Å². The number of fused-ring (bicyclic) bond motifs is 1. The highest BCUT2D eigenvalue weighted by atomic mass is 35.5. The number of methoxy groups -OCH3 is 1. The Kier molecular flexibility index (Phi) is 4.54. The van der Waals surface area contributed by atoms with Gasteiger partial charge in [0, 0.05) is 17.2 Å². The van der Waals surface area contributed by atoms with Crippen LogP contribution in [0, 0.1) is 0 Å². The third-order valence-corrected chi connectivity index (χ3v) is 3.99. The molecule has 0 saturated carbocycles. The maximum absolute atomic E-state index is 12.1. The molecule has 6 nitrogen and oxygen atoms in total. The van der Waals surface area contributed by atoms with E-state index in [0.717, 1.165) is 21.9 Å². The van der Waals surface area contributed by atoms with Crippen molar-refractivity contribution in [2.45, 2.75) is 0 Å². The Morgan fingerprint density at radius 3 is 2.68 bits per heavy atom. The van der Waals surface area contributed by atoms with Gasteiger partial charge in [-0.15, -0.1) is 0 Å². The number of hydrogen-bond acceptors (Lipinski definition) is 3. The molecule has 0 aliphatic heterocycles. The first-order valence-corrected chi connectivity index (χ1v) is 7.74. The lowest BCUT2D eigenvalue weighted by Gasteiger charge is -2.11. The molecule has 4 N–H and O–H groups in total. The predicted molar refractivity (Wildman–Crippen MR) is 98.9 cm³/mol. The van der Waals surface area contributed by atoms with E-state index in [-0.39, 0.29) is 5.96 Å². The number of nitrogens with zero attached hydrogens (tertiary/aromatic N) is 2. The number of aromatic nitrogens is 1. The van der Waals surface area contributed by atoms with E-state index in [9.17, 15) is 4.79 Å². The summed E-state index contributed by atoms with van der Waals surface area (Å²) < 4.78 is 5.18. The minimum Gasteiger partial charge on any atom is -0.481 e. The van der Waals surface area contributed by atoms with Gasteiger partial charge in [0.1, 0.15) is 0 Å². The predicted octanol–water partition coefficient (Wildman–Crippen LogP) is 2.98. The number of aliphatic imine (C=N–C) groups is 1. The molecular weight excluding hydrogens is 340 g/mol. The third kappa shape index (κ3) is 3.39. The van der Waals surface area contributed by atoms with Crippen LogP contribution in [0.4, 0.5) is 0 Å². The lowest BCUT2D eigenvalue weighted by atomic mass is 9.97. The minimum atomic E-state index is -0.505. The largest absolute Gasteiger partial charge is 0.481 e. The smallest absolute Gasteiger partial charge is 0.280 e. The fraction of sp³-hybridized carbons (Fsp3) is 0.0556. The molecule has 3 aromatic rings. The van der Waals surface area contributed by atoms with Crippen molar-refractivity contribution >= 4 is 34.2 Å². The Morgan fingerprint density at radius 2 is 1.96 bits per heavy atom. The van der Waals surface area contributed by atoms with Crippen LogP contribution in [0.15, 0.2) is 53.7 Å². The number of carbonyl (C=O) groups is 1. The second-order valence-corrected chi connectivity index (χ2v) is 5.70. The molecule has 1 amide bonds. The zero-order valence-electron chi connectivity index (χ0n) is 13.4. The Balaban J connectivity index is 2.22. The Bertz CT molecular complexity index is 998. The fourth-order valence-corrected chi connectivity index (χ4v) is 2.77. The molecule has 0 aliphatic rings. The SMILES string of the molecule is COc1cc(-c2cccc3ccc(C(=O)N=C(N)N)cc23)c(Cl)cn1. The Labute approximate surface area is 149 Å². The molecular formula is C18H15ClN4O2. The van der Waals surface area contributed by atoms with E-state index >= 15 is 0 Å². The van der Waals surface area contributed by atoms with Crippen molar-refractivity contribution in [3.05, 3.63) is 59.2 Å². The number of halogens is 1. The van der Waals surface area contributed by atoms with Crippen molar-refractivity contribution in [3.8, 4) is 17.0 Å². The van der Waals surface area contributed by atoms with Crippen molar-refractivity contribution in [1.29, 1.82) is 0 Å². The van der Waals surface area contributed by atoms with Crippen LogP contribution < -0.4 is 16.2 Å². The van der Waals surface area contributed by atoms with Crippen molar-refractivity contribution in [3.63, 3.8) is 0 Å². The lowest BCUT2D eigenvalue weighted by Crippen LogP contribution is -2.24. The molecule has 25 heavy (non-hydrogen) atoms. The van der Waals surface area contributed by atoms with E-state index in [4.69, 9.17) is 27.8 Å². The van der Waals surface area contributed by atoms with E-state index in [1.165, 1.54) is 13.3 Å². The second-order valence-electron chi connectivity index (χ2n) is 5.29. The highest BCUT2D eigenvalue weighted by molar-refractivity contribution is 6.33. The summed E-state index contributed by atoms with van der Waals surface area (Å²) in [5.41, 5.74) is 12.6. The molecule has 1 heterocycles. The summed E-state index contributed by atoms with van der Waals surface area (Å²) in [5, 5.41) is 2.27. The number of ether oxygens (including phenoxy) is 1. The summed E-state index contributed by atoms with van der Waals surface area (Å²) in [6, 6.07) is 12.8. The average Bonchev–Trinajstić information content (AvgIpc) is 2.60. The number of hydrogen-bond donors (Lipinski definition) is 2. The Morgan fingerprint density at radius 1 is 1.16 bits per heavy atom. The topological polar surface area (TPSA) is 104 Å². The first-order valence-electron chi connectivity index (χ1n) is 7.36. The quantitative estimate of drug-likeness (QED) is 0.556. The molecule has 1 aromatic heterocycles. The zero-order chi connectivity index (χ0) is 18.0. The highest BCUT2D eigenvalue weighted by Crippen LogP contribution is 2.35. The van der Waals surface area contributed by atoms with Crippen LogP contribution in [-0.4, -0.2) is 24.0 Å². The van der Waals surface area contributed by atoms with Crippen LogP contribution in [0.25, 0.3) is 21.9 Å². The summed E-state index contributed by atoms with van der Waals surface area (Å²) in [4.78, 5) is 19.8. The van der Waals surface area contributed by atoms with Crippen molar-refractivity contribution in [1.82, 2.24) is 4.98 Å². The lowest BCUT2D eigenvalue weighted by molar-refractivity contribution is 0.100. The number of nitrogens with two attached hydrogens (primary N) is 2. The molecule has 126 valence electrons. The van der Waals surface area contributed by atoms with Crippen LogP contribution >= 0.6 is 11.6 Å². The molecule has 0 atom stereocenters. The number of pyridine rings is 1. The molecule has 0 aliphatic carbocycles. The first kappa shape index (κ1) is 16.7. The van der Waals surface area contributed by atoms with Crippen molar-refractivity contribution in [2.24, 2.45) is 16.5 Å². The van der Waals surface area contributed by atoms with Gasteiger partial charge in [-0.2, -0.15) is 4.99 Å². The van der Waals surface area contributed by atoms with Gasteiger partial charge in [-0.25, -0.2) is 4.98 Å². The monoisotopic (exact) mass is 354 g/mol. The summed E-state index contributed by atoms with van der Waals surface area (Å²) in [5.74, 6) is -0.334. The van der Waals surface area contributed by atoms with E-state index < -0.39 is 5.91 Å². The fourth-order valence-electron chi connectivity index (χ4n) is 2.56. The number of carbonyl (C=O) groups excluding carboxylic acids is 1. The summed E-state index contributed by atoms with van der Waals surface area (Å²) >= 11 is 6.32.